The van der Waals surface area contributed by atoms with Crippen LogP contribution in [0.25, 0.3) is 22.0 Å². The molecule has 128 valence electrons. The first kappa shape index (κ1) is 16.0. The van der Waals surface area contributed by atoms with E-state index >= 15 is 0 Å². The third kappa shape index (κ3) is 3.35. The van der Waals surface area contributed by atoms with E-state index in [1.165, 1.54) is 23.6 Å². The van der Waals surface area contributed by atoms with Gasteiger partial charge in [0.2, 0.25) is 0 Å². The van der Waals surface area contributed by atoms with Gasteiger partial charge in [0, 0.05) is 36.4 Å². The molecule has 25 heavy (non-hydrogen) atoms. The van der Waals surface area contributed by atoms with Crippen LogP contribution in [0.15, 0.2) is 54.9 Å². The lowest BCUT2D eigenvalue weighted by atomic mass is 9.97. The first-order valence-electron chi connectivity index (χ1n) is 9.05. The molecule has 0 bridgehead atoms. The number of pyridine rings is 2. The summed E-state index contributed by atoms with van der Waals surface area (Å²) in [6, 6.07) is 14.7. The van der Waals surface area contributed by atoms with Crippen molar-refractivity contribution in [1.82, 2.24) is 15.3 Å². The van der Waals surface area contributed by atoms with Crippen LogP contribution in [0.1, 0.15) is 12.8 Å². The quantitative estimate of drug-likeness (QED) is 0.790. The van der Waals surface area contributed by atoms with E-state index in [0.717, 1.165) is 42.6 Å². The van der Waals surface area contributed by atoms with Crippen LogP contribution in [-0.4, -0.2) is 36.6 Å². The largest absolute Gasteiger partial charge is 0.357 e. The highest BCUT2D eigenvalue weighted by Crippen LogP contribution is 2.28. The summed E-state index contributed by atoms with van der Waals surface area (Å²) >= 11 is 0. The summed E-state index contributed by atoms with van der Waals surface area (Å²) < 4.78 is 0. The van der Waals surface area contributed by atoms with Crippen LogP contribution < -0.4 is 10.2 Å². The summed E-state index contributed by atoms with van der Waals surface area (Å²) in [4.78, 5) is 11.7. The highest BCUT2D eigenvalue weighted by atomic mass is 15.2. The van der Waals surface area contributed by atoms with Crippen molar-refractivity contribution in [1.29, 1.82) is 0 Å². The lowest BCUT2D eigenvalue weighted by Gasteiger charge is -2.32. The van der Waals surface area contributed by atoms with Gasteiger partial charge >= 0.3 is 0 Å². The molecule has 1 N–H and O–H groups in total. The molecule has 0 saturated carbocycles. The number of nitrogens with zero attached hydrogens (tertiary/aromatic N) is 3. The summed E-state index contributed by atoms with van der Waals surface area (Å²) in [5, 5.41) is 5.68. The van der Waals surface area contributed by atoms with E-state index < -0.39 is 0 Å². The summed E-state index contributed by atoms with van der Waals surface area (Å²) in [6.45, 7) is 3.30. The number of anilines is 1. The van der Waals surface area contributed by atoms with Gasteiger partial charge in [-0.1, -0.05) is 24.3 Å². The number of hydrogen-bond donors (Lipinski definition) is 1. The van der Waals surface area contributed by atoms with Crippen molar-refractivity contribution in [3.8, 4) is 11.3 Å². The Morgan fingerprint density at radius 1 is 1.04 bits per heavy atom. The maximum absolute atomic E-state index is 4.73. The van der Waals surface area contributed by atoms with E-state index in [1.807, 2.05) is 19.4 Å². The van der Waals surface area contributed by atoms with Crippen LogP contribution in [0.4, 0.5) is 5.82 Å². The molecule has 0 spiro atoms. The minimum Gasteiger partial charge on any atom is -0.357 e. The molecule has 0 radical (unpaired) electrons. The molecule has 1 saturated heterocycles. The molecule has 0 unspecified atom stereocenters. The molecule has 1 aromatic carbocycles. The van der Waals surface area contributed by atoms with Crippen LogP contribution in [-0.2, 0) is 0 Å². The van der Waals surface area contributed by atoms with Crippen LogP contribution in [0, 0.1) is 5.92 Å². The zero-order valence-electron chi connectivity index (χ0n) is 14.7. The third-order valence-corrected chi connectivity index (χ3v) is 5.13. The summed E-state index contributed by atoms with van der Waals surface area (Å²) in [5.74, 6) is 1.87. The lowest BCUT2D eigenvalue weighted by Crippen LogP contribution is -2.37. The molecule has 4 rings (SSSR count). The number of rotatable bonds is 4. The van der Waals surface area contributed by atoms with Gasteiger partial charge in [0.05, 0.1) is 5.69 Å². The standard InChI is InChI=1S/C21H24N4/c1-22-14-16-9-12-25(13-10-16)20-7-6-18(15-24-20)21-19-5-3-2-4-17(19)8-11-23-21/h2-8,11,15-16,22H,9-10,12-14H2,1H3. The Labute approximate surface area is 148 Å². The van der Waals surface area contributed by atoms with Crippen LogP contribution in [0.2, 0.25) is 0 Å². The highest BCUT2D eigenvalue weighted by Gasteiger charge is 2.19. The second kappa shape index (κ2) is 7.19. The Hall–Kier alpha value is -2.46. The van der Waals surface area contributed by atoms with Gasteiger partial charge < -0.3 is 10.2 Å². The average molecular weight is 332 g/mol. The van der Waals surface area contributed by atoms with Gasteiger partial charge in [0.1, 0.15) is 5.82 Å². The predicted octanol–water partition coefficient (Wildman–Crippen LogP) is 3.73. The van der Waals surface area contributed by atoms with Crippen molar-refractivity contribution in [2.45, 2.75) is 12.8 Å². The van der Waals surface area contributed by atoms with E-state index in [1.54, 1.807) is 0 Å². The fraction of sp³-hybridized carbons (Fsp3) is 0.333. The molecule has 3 aromatic rings. The van der Waals surface area contributed by atoms with Crippen molar-refractivity contribution < 1.29 is 0 Å². The van der Waals surface area contributed by atoms with E-state index in [2.05, 4.69) is 57.7 Å². The molecular formula is C21H24N4. The first-order valence-corrected chi connectivity index (χ1v) is 9.05. The van der Waals surface area contributed by atoms with Crippen molar-refractivity contribution in [2.24, 2.45) is 5.92 Å². The fourth-order valence-corrected chi connectivity index (χ4v) is 3.72. The molecule has 1 aliphatic rings. The number of nitrogens with one attached hydrogen (secondary N) is 1. The average Bonchev–Trinajstić information content (AvgIpc) is 2.69. The Morgan fingerprint density at radius 2 is 1.88 bits per heavy atom. The van der Waals surface area contributed by atoms with E-state index in [4.69, 9.17) is 4.98 Å². The monoisotopic (exact) mass is 332 g/mol. The molecule has 0 amide bonds. The Morgan fingerprint density at radius 3 is 2.64 bits per heavy atom. The van der Waals surface area contributed by atoms with Crippen molar-refractivity contribution in [3.05, 3.63) is 54.9 Å². The van der Waals surface area contributed by atoms with Crippen LogP contribution in [0.5, 0.6) is 0 Å². The smallest absolute Gasteiger partial charge is 0.128 e. The van der Waals surface area contributed by atoms with Gasteiger partial charge in [-0.25, -0.2) is 4.98 Å². The van der Waals surface area contributed by atoms with Crippen LogP contribution >= 0.6 is 0 Å². The highest BCUT2D eigenvalue weighted by molar-refractivity contribution is 5.94. The molecule has 0 aliphatic carbocycles. The molecule has 4 nitrogen and oxygen atoms in total. The Balaban J connectivity index is 1.54. The topological polar surface area (TPSA) is 41.0 Å². The van der Waals surface area contributed by atoms with E-state index in [0.29, 0.717) is 0 Å². The van der Waals surface area contributed by atoms with Gasteiger partial charge in [-0.15, -0.1) is 0 Å². The third-order valence-electron chi connectivity index (χ3n) is 5.13. The minimum absolute atomic E-state index is 0.792. The van der Waals surface area contributed by atoms with Gasteiger partial charge in [-0.3, -0.25) is 4.98 Å². The number of piperidine rings is 1. The maximum atomic E-state index is 4.73. The Kier molecular flexibility index (Phi) is 4.61. The van der Waals surface area contributed by atoms with Crippen LogP contribution in [0.3, 0.4) is 0 Å². The minimum atomic E-state index is 0.792. The number of benzene rings is 1. The number of fused-ring (bicyclic) bond motifs is 1. The molecule has 4 heteroatoms. The predicted molar refractivity (Wildman–Crippen MR) is 104 cm³/mol. The summed E-state index contributed by atoms with van der Waals surface area (Å²) in [7, 11) is 2.04. The molecule has 1 aliphatic heterocycles. The van der Waals surface area contributed by atoms with E-state index in [9.17, 15) is 0 Å². The Bertz CT molecular complexity index is 831. The van der Waals surface area contributed by atoms with Crippen molar-refractivity contribution >= 4 is 16.6 Å². The zero-order chi connectivity index (χ0) is 17.1. The summed E-state index contributed by atoms with van der Waals surface area (Å²) in [6.07, 6.45) is 6.30. The first-order chi connectivity index (χ1) is 12.3. The molecule has 0 atom stereocenters. The molecule has 3 heterocycles. The van der Waals surface area contributed by atoms with Gasteiger partial charge in [-0.2, -0.15) is 0 Å². The van der Waals surface area contributed by atoms with Gasteiger partial charge in [-0.05, 0) is 55.9 Å². The summed E-state index contributed by atoms with van der Waals surface area (Å²) in [5.41, 5.74) is 2.08. The van der Waals surface area contributed by atoms with E-state index in [-0.39, 0.29) is 0 Å². The SMILES string of the molecule is CNCC1CCN(c2ccc(-c3nccc4ccccc34)cn2)CC1. The molecule has 2 aromatic heterocycles. The second-order valence-electron chi connectivity index (χ2n) is 6.77. The maximum Gasteiger partial charge on any atom is 0.128 e. The molecule has 1 fully saturated rings. The van der Waals surface area contributed by atoms with Crippen molar-refractivity contribution in [3.63, 3.8) is 0 Å². The normalized spacial score (nSPS) is 15.6. The number of aromatic nitrogens is 2. The lowest BCUT2D eigenvalue weighted by molar-refractivity contribution is 0.392. The number of hydrogen-bond acceptors (Lipinski definition) is 4. The molecular weight excluding hydrogens is 308 g/mol. The van der Waals surface area contributed by atoms with Gasteiger partial charge in [0.25, 0.3) is 0 Å². The fourth-order valence-electron chi connectivity index (χ4n) is 3.72. The second-order valence-corrected chi connectivity index (χ2v) is 6.77. The van der Waals surface area contributed by atoms with Gasteiger partial charge in [0.15, 0.2) is 0 Å². The van der Waals surface area contributed by atoms with Crippen molar-refractivity contribution in [2.75, 3.05) is 31.6 Å². The zero-order valence-corrected chi connectivity index (χ0v) is 14.7.